The fraction of sp³-hybridized carbons (Fsp3) is 0.0625. The minimum Gasteiger partial charge on any atom is -0.454 e. The van der Waals surface area contributed by atoms with Crippen LogP contribution in [-0.2, 0) is 9.59 Å². The number of hydrogen-bond donors (Lipinski definition) is 0. The van der Waals surface area contributed by atoms with Crippen LogP contribution in [0.25, 0.3) is 0 Å². The van der Waals surface area contributed by atoms with Crippen molar-refractivity contribution in [2.24, 2.45) is 0 Å². The van der Waals surface area contributed by atoms with E-state index in [1.807, 2.05) is 0 Å². The summed E-state index contributed by atoms with van der Waals surface area (Å²) in [5, 5.41) is 0. The van der Waals surface area contributed by atoms with E-state index in [9.17, 15) is 18.8 Å². The molecule has 0 atom stereocenters. The van der Waals surface area contributed by atoms with Crippen LogP contribution >= 0.6 is 0 Å². The number of nitrogens with zero attached hydrogens (tertiary/aromatic N) is 2. The normalized spacial score (nSPS) is 14.6. The zero-order valence-corrected chi connectivity index (χ0v) is 12.0. The third kappa shape index (κ3) is 2.52. The molecule has 116 valence electrons. The number of imide groups is 2. The third-order valence-corrected chi connectivity index (χ3v) is 3.31. The van der Waals surface area contributed by atoms with Crippen molar-refractivity contribution in [2.75, 3.05) is 11.9 Å². The van der Waals surface area contributed by atoms with Gasteiger partial charge < -0.3 is 4.74 Å². The van der Waals surface area contributed by atoms with Gasteiger partial charge in [-0.15, -0.1) is 0 Å². The lowest BCUT2D eigenvalue weighted by Crippen LogP contribution is -2.31. The molecule has 1 aliphatic heterocycles. The molecule has 0 bridgehead atoms. The van der Waals surface area contributed by atoms with Gasteiger partial charge in [0, 0.05) is 13.1 Å². The van der Waals surface area contributed by atoms with Gasteiger partial charge in [0.05, 0.1) is 5.69 Å². The number of carbonyl (C=O) groups excluding carboxylic acids is 3. The Hall–Kier alpha value is -3.22. The first kappa shape index (κ1) is 14.7. The maximum atomic E-state index is 14.2. The van der Waals surface area contributed by atoms with Crippen LogP contribution in [-0.4, -0.2) is 29.8 Å². The van der Waals surface area contributed by atoms with Gasteiger partial charge in [0.25, 0.3) is 0 Å². The largest absolute Gasteiger partial charge is 0.454 e. The summed E-state index contributed by atoms with van der Waals surface area (Å²) in [7, 11) is 1.19. The van der Waals surface area contributed by atoms with Crippen molar-refractivity contribution in [1.82, 2.24) is 4.90 Å². The number of anilines is 1. The number of carbonyl (C=O) groups is 3. The fourth-order valence-electron chi connectivity index (χ4n) is 2.12. The number of para-hydroxylation sites is 1. The van der Waals surface area contributed by atoms with Gasteiger partial charge in [0.15, 0.2) is 11.6 Å². The molecule has 0 unspecified atom stereocenters. The van der Waals surface area contributed by atoms with Gasteiger partial charge >= 0.3 is 17.8 Å². The lowest BCUT2D eigenvalue weighted by molar-refractivity contribution is -0.138. The zero-order valence-electron chi connectivity index (χ0n) is 12.0. The standard InChI is InChI=1S/C16H11FN2O4/c1-18-14(20)15(21)19(16(18)22)10-7-8-13(12(17)9-10)23-11-5-3-2-4-6-11/h2-9H,1H3. The number of hydrogen-bond acceptors (Lipinski definition) is 4. The molecule has 2 aromatic carbocycles. The molecule has 3 rings (SSSR count). The Bertz CT molecular complexity index is 807. The smallest absolute Gasteiger partial charge is 0.338 e. The van der Waals surface area contributed by atoms with E-state index in [1.165, 1.54) is 19.2 Å². The topological polar surface area (TPSA) is 66.9 Å². The molecule has 0 aromatic heterocycles. The van der Waals surface area contributed by atoms with E-state index in [0.717, 1.165) is 6.07 Å². The van der Waals surface area contributed by atoms with Crippen molar-refractivity contribution in [1.29, 1.82) is 0 Å². The molecular weight excluding hydrogens is 303 g/mol. The molecule has 1 aliphatic rings. The second kappa shape index (κ2) is 5.53. The van der Waals surface area contributed by atoms with Crippen molar-refractivity contribution in [3.63, 3.8) is 0 Å². The highest BCUT2D eigenvalue weighted by Crippen LogP contribution is 2.29. The Morgan fingerprint density at radius 1 is 0.957 bits per heavy atom. The number of benzene rings is 2. The Balaban J connectivity index is 1.89. The SMILES string of the molecule is CN1C(=O)C(=O)N(c2ccc(Oc3ccccc3)c(F)c2)C1=O. The number of rotatable bonds is 3. The first-order valence-corrected chi connectivity index (χ1v) is 6.67. The van der Waals surface area contributed by atoms with Crippen molar-refractivity contribution in [3.8, 4) is 11.5 Å². The second-order valence-electron chi connectivity index (χ2n) is 4.82. The molecule has 7 heteroatoms. The number of likely N-dealkylation sites (N-methyl/N-ethyl adjacent to an activating group) is 1. The summed E-state index contributed by atoms with van der Waals surface area (Å²) in [6.07, 6.45) is 0. The van der Waals surface area contributed by atoms with Crippen LogP contribution in [0.15, 0.2) is 48.5 Å². The van der Waals surface area contributed by atoms with Gasteiger partial charge in [-0.25, -0.2) is 14.1 Å². The summed E-state index contributed by atoms with van der Waals surface area (Å²) in [5.41, 5.74) is -0.0318. The van der Waals surface area contributed by atoms with Crippen LogP contribution in [0.2, 0.25) is 0 Å². The highest BCUT2D eigenvalue weighted by Gasteiger charge is 2.43. The van der Waals surface area contributed by atoms with Crippen LogP contribution in [0, 0.1) is 5.82 Å². The highest BCUT2D eigenvalue weighted by molar-refractivity contribution is 6.52. The Kier molecular flexibility index (Phi) is 3.53. The van der Waals surface area contributed by atoms with E-state index in [2.05, 4.69) is 0 Å². The third-order valence-electron chi connectivity index (χ3n) is 3.31. The van der Waals surface area contributed by atoms with Crippen LogP contribution in [0.3, 0.4) is 0 Å². The van der Waals surface area contributed by atoms with E-state index >= 15 is 0 Å². The van der Waals surface area contributed by atoms with Gasteiger partial charge in [0.2, 0.25) is 0 Å². The van der Waals surface area contributed by atoms with Gasteiger partial charge in [-0.1, -0.05) is 18.2 Å². The average Bonchev–Trinajstić information content (AvgIpc) is 2.74. The first-order valence-electron chi connectivity index (χ1n) is 6.67. The summed E-state index contributed by atoms with van der Waals surface area (Å²) < 4.78 is 19.5. The van der Waals surface area contributed by atoms with Crippen molar-refractivity contribution in [2.45, 2.75) is 0 Å². The quantitative estimate of drug-likeness (QED) is 0.645. The molecule has 0 saturated carbocycles. The summed E-state index contributed by atoms with van der Waals surface area (Å²) in [6, 6.07) is 11.4. The van der Waals surface area contributed by atoms with Crippen LogP contribution in [0.5, 0.6) is 11.5 Å². The predicted molar refractivity (Wildman–Crippen MR) is 78.6 cm³/mol. The molecule has 0 radical (unpaired) electrons. The Morgan fingerprint density at radius 2 is 1.65 bits per heavy atom. The summed E-state index contributed by atoms with van der Waals surface area (Å²) in [5.74, 6) is -2.34. The average molecular weight is 314 g/mol. The maximum absolute atomic E-state index is 14.2. The summed E-state index contributed by atoms with van der Waals surface area (Å²) in [4.78, 5) is 36.4. The van der Waals surface area contributed by atoms with E-state index in [0.29, 0.717) is 15.5 Å². The Labute approximate surface area is 130 Å². The summed E-state index contributed by atoms with van der Waals surface area (Å²) >= 11 is 0. The lowest BCUT2D eigenvalue weighted by Gasteiger charge is -2.14. The van der Waals surface area contributed by atoms with E-state index in [1.54, 1.807) is 30.3 Å². The number of amides is 4. The monoisotopic (exact) mass is 314 g/mol. The number of halogens is 1. The molecule has 0 spiro atoms. The van der Waals surface area contributed by atoms with Crippen molar-refractivity contribution in [3.05, 3.63) is 54.3 Å². The summed E-state index contributed by atoms with van der Waals surface area (Å²) in [6.45, 7) is 0. The van der Waals surface area contributed by atoms with Crippen LogP contribution in [0.1, 0.15) is 0 Å². The molecule has 2 aromatic rings. The molecule has 1 fully saturated rings. The van der Waals surface area contributed by atoms with Crippen molar-refractivity contribution >= 4 is 23.5 Å². The van der Waals surface area contributed by atoms with Gasteiger partial charge in [-0.3, -0.25) is 14.5 Å². The first-order chi connectivity index (χ1) is 11.0. The molecule has 1 heterocycles. The molecule has 4 amide bonds. The minimum absolute atomic E-state index is 0.0318. The van der Waals surface area contributed by atoms with Crippen molar-refractivity contribution < 1.29 is 23.5 Å². The minimum atomic E-state index is -1.02. The van der Waals surface area contributed by atoms with Gasteiger partial charge in [-0.2, -0.15) is 0 Å². The molecule has 0 N–H and O–H groups in total. The number of urea groups is 1. The lowest BCUT2D eigenvalue weighted by atomic mass is 10.2. The molecule has 1 saturated heterocycles. The fourth-order valence-corrected chi connectivity index (χ4v) is 2.12. The van der Waals surface area contributed by atoms with E-state index < -0.39 is 23.7 Å². The predicted octanol–water partition coefficient (Wildman–Crippen LogP) is 2.54. The molecular formula is C16H11FN2O4. The number of ether oxygens (including phenoxy) is 1. The van der Waals surface area contributed by atoms with Crippen LogP contribution in [0.4, 0.5) is 14.9 Å². The maximum Gasteiger partial charge on any atom is 0.338 e. The van der Waals surface area contributed by atoms with Crippen LogP contribution < -0.4 is 9.64 Å². The van der Waals surface area contributed by atoms with E-state index in [-0.39, 0.29) is 11.4 Å². The molecule has 23 heavy (non-hydrogen) atoms. The molecule has 0 aliphatic carbocycles. The highest BCUT2D eigenvalue weighted by atomic mass is 19.1. The van der Waals surface area contributed by atoms with Gasteiger partial charge in [0.1, 0.15) is 5.75 Å². The van der Waals surface area contributed by atoms with E-state index in [4.69, 9.17) is 4.74 Å². The second-order valence-corrected chi connectivity index (χ2v) is 4.82. The Morgan fingerprint density at radius 3 is 2.22 bits per heavy atom. The molecule has 6 nitrogen and oxygen atoms in total. The van der Waals surface area contributed by atoms with Gasteiger partial charge in [-0.05, 0) is 24.3 Å². The zero-order chi connectivity index (χ0) is 16.6.